The predicted octanol–water partition coefficient (Wildman–Crippen LogP) is 7.47. The molecule has 0 aromatic carbocycles. The molecule has 23 heavy (non-hydrogen) atoms. The third-order valence-corrected chi connectivity index (χ3v) is 12.5. The first-order valence-electron chi connectivity index (χ1n) is 9.15. The van der Waals surface area contributed by atoms with E-state index >= 15 is 0 Å². The van der Waals surface area contributed by atoms with Gasteiger partial charge in [-0.1, -0.05) is 0 Å². The summed E-state index contributed by atoms with van der Waals surface area (Å²) in [4.78, 5) is 0. The molecule has 1 nitrogen and oxygen atoms in total. The van der Waals surface area contributed by atoms with Crippen molar-refractivity contribution in [2.75, 3.05) is 6.61 Å². The molecule has 1 rings (SSSR count). The Hall–Kier alpha value is 0.345. The summed E-state index contributed by atoms with van der Waals surface area (Å²) in [6, 6.07) is 1.33. The van der Waals surface area contributed by atoms with Gasteiger partial charge in [0.2, 0.25) is 0 Å². The zero-order valence-corrected chi connectivity index (χ0v) is 19.7. The molecule has 0 amide bonds. The van der Waals surface area contributed by atoms with E-state index in [9.17, 15) is 0 Å². The average molecular weight is 520 g/mol. The average Bonchev–Trinajstić information content (AvgIpc) is 2.90. The van der Waals surface area contributed by atoms with Crippen molar-refractivity contribution in [1.29, 1.82) is 0 Å². The summed E-state index contributed by atoms with van der Waals surface area (Å²) in [6.45, 7) is 7.73. The van der Waals surface area contributed by atoms with Gasteiger partial charge in [0.05, 0.1) is 0 Å². The zero-order valence-electron chi connectivity index (χ0n) is 16.5. The molecule has 140 valence electrons. The molecular weight excluding hydrogens is 479 g/mol. The Balaban J connectivity index is 2.09. The van der Waals surface area contributed by atoms with Crippen LogP contribution in [-0.2, 0) is 20.5 Å². The molecule has 1 aliphatic carbocycles. The van der Waals surface area contributed by atoms with Crippen LogP contribution >= 0.6 is 0 Å². The van der Waals surface area contributed by atoms with E-state index in [1.165, 1.54) is 57.4 Å². The molecular formula is C20H40OPtSi. The van der Waals surface area contributed by atoms with Crippen molar-refractivity contribution in [2.45, 2.75) is 93.4 Å². The van der Waals surface area contributed by atoms with E-state index in [4.69, 9.17) is 4.43 Å². The maximum absolute atomic E-state index is 5.90. The van der Waals surface area contributed by atoms with Crippen LogP contribution in [0.2, 0.25) is 35.1 Å². The first kappa shape index (κ1) is 21.4. The second-order valence-electron chi connectivity index (χ2n) is 7.74. The monoisotopic (exact) mass is 519 g/mol. The molecule has 0 aromatic heterocycles. The Morgan fingerprint density at radius 2 is 1.61 bits per heavy atom. The Kier molecular flexibility index (Phi) is 9.64. The van der Waals surface area contributed by atoms with Crippen LogP contribution in [0.4, 0.5) is 0 Å². The zero-order chi connectivity index (χ0) is 17.3. The minimum absolute atomic E-state index is 0.893. The van der Waals surface area contributed by atoms with Crippen LogP contribution < -0.4 is 0 Å². The molecule has 0 saturated carbocycles. The van der Waals surface area contributed by atoms with Crippen molar-refractivity contribution >= 4 is 8.32 Å². The van der Waals surface area contributed by atoms with Crippen molar-refractivity contribution in [3.8, 4) is 0 Å². The summed E-state index contributed by atoms with van der Waals surface area (Å²) in [5.74, 6) is 0. The van der Waals surface area contributed by atoms with Crippen molar-refractivity contribution in [2.24, 2.45) is 0 Å². The van der Waals surface area contributed by atoms with Gasteiger partial charge in [-0.05, 0) is 6.92 Å². The van der Waals surface area contributed by atoms with Crippen LogP contribution in [-0.4, -0.2) is 14.9 Å². The van der Waals surface area contributed by atoms with Crippen LogP contribution in [0.3, 0.4) is 0 Å². The van der Waals surface area contributed by atoms with Crippen LogP contribution in [0.15, 0.2) is 21.7 Å². The molecule has 0 aromatic rings. The SMILES string of the molecule is CCO[Si](C)(C)CCCCCCCCC1=[C]([Pt]([CH3])([CH3])[CH3])CC=C1. The summed E-state index contributed by atoms with van der Waals surface area (Å²) in [5.41, 5.74) is 1.71. The quantitative estimate of drug-likeness (QED) is 0.192. The number of rotatable bonds is 12. The van der Waals surface area contributed by atoms with Gasteiger partial charge in [0.1, 0.15) is 0 Å². The molecule has 0 saturated heterocycles. The van der Waals surface area contributed by atoms with E-state index in [0.717, 1.165) is 6.61 Å². The standard InChI is InChI=1S/C17H31OSi.3CH3.Pt/c1-4-18-19(2,3)16-12-8-6-5-7-9-13-17-14-10-11-15-17;;;;/h10,14H,4-9,11-13,16H2,1-3H3;3*1H3;. The summed E-state index contributed by atoms with van der Waals surface area (Å²) in [7, 11) is -1.33. The van der Waals surface area contributed by atoms with Gasteiger partial charge in [-0.2, -0.15) is 0 Å². The number of hydrogen-bond acceptors (Lipinski definition) is 1. The van der Waals surface area contributed by atoms with Crippen molar-refractivity contribution < 1.29 is 20.5 Å². The predicted molar refractivity (Wildman–Crippen MR) is 105 cm³/mol. The molecule has 0 radical (unpaired) electrons. The van der Waals surface area contributed by atoms with E-state index in [-0.39, 0.29) is 0 Å². The summed E-state index contributed by atoms with van der Waals surface area (Å²) < 4.78 is 7.75. The van der Waals surface area contributed by atoms with Gasteiger partial charge in [-0.15, -0.1) is 0 Å². The molecule has 0 unspecified atom stereocenters. The van der Waals surface area contributed by atoms with Crippen LogP contribution in [0.1, 0.15) is 58.3 Å². The van der Waals surface area contributed by atoms with Gasteiger partial charge in [0, 0.05) is 6.61 Å². The van der Waals surface area contributed by atoms with Crippen molar-refractivity contribution in [3.63, 3.8) is 0 Å². The van der Waals surface area contributed by atoms with Crippen LogP contribution in [0, 0.1) is 0 Å². The Bertz CT molecular complexity index is 404. The van der Waals surface area contributed by atoms with Gasteiger partial charge >= 0.3 is 137 Å². The topological polar surface area (TPSA) is 9.23 Å². The fourth-order valence-corrected chi connectivity index (χ4v) is 9.61. The Labute approximate surface area is 150 Å². The Morgan fingerprint density at radius 1 is 1.00 bits per heavy atom. The summed E-state index contributed by atoms with van der Waals surface area (Å²) >= 11 is -1.52. The first-order chi connectivity index (χ1) is 10.8. The van der Waals surface area contributed by atoms with Gasteiger partial charge in [0.25, 0.3) is 0 Å². The Morgan fingerprint density at radius 3 is 2.22 bits per heavy atom. The number of unbranched alkanes of at least 4 members (excludes halogenated alkanes) is 5. The molecule has 0 atom stereocenters. The van der Waals surface area contributed by atoms with Crippen LogP contribution in [0.5, 0.6) is 0 Å². The van der Waals surface area contributed by atoms with E-state index in [1.54, 1.807) is 5.57 Å². The third-order valence-electron chi connectivity index (χ3n) is 4.51. The molecule has 1 aliphatic rings. The molecule has 0 bridgehead atoms. The second-order valence-corrected chi connectivity index (χ2v) is 23.6. The van der Waals surface area contributed by atoms with Crippen molar-refractivity contribution in [1.82, 2.24) is 0 Å². The van der Waals surface area contributed by atoms with Crippen LogP contribution in [0.25, 0.3) is 0 Å². The molecule has 0 aliphatic heterocycles. The van der Waals surface area contributed by atoms with E-state index < -0.39 is 24.4 Å². The van der Waals surface area contributed by atoms with Gasteiger partial charge < -0.3 is 0 Å². The molecule has 0 fully saturated rings. The van der Waals surface area contributed by atoms with Gasteiger partial charge in [-0.25, -0.2) is 0 Å². The summed E-state index contributed by atoms with van der Waals surface area (Å²) in [5, 5.41) is 7.59. The fraction of sp³-hybridized carbons (Fsp3) is 0.800. The third kappa shape index (κ3) is 8.84. The molecule has 0 spiro atoms. The molecule has 3 heteroatoms. The molecule has 0 heterocycles. The second kappa shape index (κ2) is 10.4. The van der Waals surface area contributed by atoms with Gasteiger partial charge in [-0.3, -0.25) is 0 Å². The minimum atomic E-state index is -1.52. The van der Waals surface area contributed by atoms with E-state index in [0.29, 0.717) is 0 Å². The van der Waals surface area contributed by atoms with E-state index in [1.807, 2.05) is 3.96 Å². The number of allylic oxidation sites excluding steroid dienone is 4. The summed E-state index contributed by atoms with van der Waals surface area (Å²) in [6.07, 6.45) is 15.8. The van der Waals surface area contributed by atoms with Gasteiger partial charge in [0.15, 0.2) is 0 Å². The molecule has 0 N–H and O–H groups in total. The van der Waals surface area contributed by atoms with E-state index in [2.05, 4.69) is 48.1 Å². The number of hydrogen-bond donors (Lipinski definition) is 0. The fourth-order valence-electron chi connectivity index (χ4n) is 3.26. The maximum atomic E-state index is 5.90. The van der Waals surface area contributed by atoms with Crippen molar-refractivity contribution in [3.05, 3.63) is 21.7 Å². The normalized spacial score (nSPS) is 16.4. The first-order valence-corrected chi connectivity index (χ1v) is 20.2.